The number of aryl methyl sites for hydroxylation is 1. The molecule has 2 aromatic carbocycles. The van der Waals surface area contributed by atoms with Crippen LogP contribution in [-0.4, -0.2) is 83.8 Å². The van der Waals surface area contributed by atoms with E-state index in [1.807, 2.05) is 26.0 Å². The number of aromatic nitrogens is 3. The lowest BCUT2D eigenvalue weighted by atomic mass is 9.83. The van der Waals surface area contributed by atoms with Gasteiger partial charge in [-0.1, -0.05) is 13.8 Å². The summed E-state index contributed by atoms with van der Waals surface area (Å²) in [6, 6.07) is 11.0. The fourth-order valence-electron chi connectivity index (χ4n) is 6.30. The van der Waals surface area contributed by atoms with Crippen molar-refractivity contribution < 1.29 is 26.8 Å². The first kappa shape index (κ1) is 32.5. The number of rotatable bonds is 8. The number of nitrogens with one attached hydrogen (secondary N) is 2. The number of sulfonamides is 1. The monoisotopic (exact) mass is 665 g/mol. The van der Waals surface area contributed by atoms with Crippen LogP contribution in [0, 0.1) is 11.6 Å². The summed E-state index contributed by atoms with van der Waals surface area (Å²) in [6.45, 7) is 6.88. The molecule has 248 valence electrons. The van der Waals surface area contributed by atoms with Crippen molar-refractivity contribution in [1.82, 2.24) is 24.0 Å². The minimum Gasteiger partial charge on any atom is -0.369 e. The smallest absolute Gasteiger partial charge is 0.272 e. The minimum atomic E-state index is -4.29. The van der Waals surface area contributed by atoms with Gasteiger partial charge < -0.3 is 19.7 Å². The lowest BCUT2D eigenvalue weighted by Crippen LogP contribution is -2.45. The highest BCUT2D eigenvalue weighted by molar-refractivity contribution is 7.89. The number of hydrogen-bond donors (Lipinski definition) is 2. The number of fused-ring (bicyclic) bond motifs is 1. The fraction of sp³-hybridized carbons (Fsp3) is 0.364. The van der Waals surface area contributed by atoms with Crippen molar-refractivity contribution in [3.63, 3.8) is 0 Å². The van der Waals surface area contributed by atoms with Crippen LogP contribution >= 0.6 is 0 Å². The lowest BCUT2D eigenvalue weighted by molar-refractivity contribution is 0.0992. The molecular formula is C33H37F2N7O4S. The molecule has 6 rings (SSSR count). The predicted molar refractivity (Wildman–Crippen MR) is 173 cm³/mol. The highest BCUT2D eigenvalue weighted by atomic mass is 32.2. The average molecular weight is 666 g/mol. The van der Waals surface area contributed by atoms with Crippen molar-refractivity contribution in [3.05, 3.63) is 94.6 Å². The molecule has 0 bridgehead atoms. The number of Topliss-reactive ketones (excluding diaryl/α,β-unsaturated/α-hetero) is 1. The third-order valence-electron chi connectivity index (χ3n) is 8.91. The number of halogens is 2. The van der Waals surface area contributed by atoms with Crippen LogP contribution in [0.5, 0.6) is 0 Å². The molecule has 14 heteroatoms. The third-order valence-corrected chi connectivity index (χ3v) is 10.7. The number of amides is 1. The zero-order chi connectivity index (χ0) is 33.7. The normalized spacial score (nSPS) is 17.0. The average Bonchev–Trinajstić information content (AvgIpc) is 3.63. The van der Waals surface area contributed by atoms with Gasteiger partial charge in [0.15, 0.2) is 5.78 Å². The Balaban J connectivity index is 1.31. The van der Waals surface area contributed by atoms with Crippen molar-refractivity contribution in [2.75, 3.05) is 50.0 Å². The molecule has 0 atom stereocenters. The summed E-state index contributed by atoms with van der Waals surface area (Å²) in [6.07, 6.45) is 1.61. The van der Waals surface area contributed by atoms with Crippen molar-refractivity contribution in [3.8, 4) is 0 Å². The van der Waals surface area contributed by atoms with E-state index in [0.29, 0.717) is 40.0 Å². The van der Waals surface area contributed by atoms with E-state index in [-0.39, 0.29) is 31.2 Å². The number of carbonyl (C=O) groups excluding carboxylic acids is 2. The SMILES string of the molecule is CN1CCN(c2ccc(C(=O)Cc3[nH]nc4c3CN(S(=O)(=O)c3cc(F)cc(F)c3)CC4(C)C)c(NC(=O)c3cccn3C)c2)CC1. The molecule has 1 fully saturated rings. The summed E-state index contributed by atoms with van der Waals surface area (Å²) in [7, 11) is -0.463. The Morgan fingerprint density at radius 3 is 2.36 bits per heavy atom. The number of likely N-dealkylation sites (N-methyl/N-ethyl adjacent to an activating group) is 1. The number of H-pyrrole nitrogens is 1. The van der Waals surface area contributed by atoms with Crippen LogP contribution in [0.1, 0.15) is 51.6 Å². The Morgan fingerprint density at radius 1 is 1.00 bits per heavy atom. The molecule has 2 N–H and O–H groups in total. The van der Waals surface area contributed by atoms with Gasteiger partial charge in [-0.05, 0) is 49.5 Å². The van der Waals surface area contributed by atoms with Gasteiger partial charge >= 0.3 is 0 Å². The molecule has 0 radical (unpaired) electrons. The van der Waals surface area contributed by atoms with Crippen LogP contribution in [0.3, 0.4) is 0 Å². The first-order chi connectivity index (χ1) is 22.2. The maximum absolute atomic E-state index is 14.0. The van der Waals surface area contributed by atoms with Gasteiger partial charge in [0.2, 0.25) is 10.0 Å². The maximum Gasteiger partial charge on any atom is 0.272 e. The van der Waals surface area contributed by atoms with Crippen LogP contribution < -0.4 is 10.2 Å². The molecule has 4 heterocycles. The van der Waals surface area contributed by atoms with E-state index in [4.69, 9.17) is 0 Å². The van der Waals surface area contributed by atoms with E-state index in [1.165, 1.54) is 0 Å². The van der Waals surface area contributed by atoms with Crippen LogP contribution in [-0.2, 0) is 35.5 Å². The molecule has 2 aliphatic rings. The number of hydrogen-bond acceptors (Lipinski definition) is 7. The molecule has 11 nitrogen and oxygen atoms in total. The Kier molecular flexibility index (Phi) is 8.53. The van der Waals surface area contributed by atoms with E-state index < -0.39 is 32.0 Å². The second-order valence-electron chi connectivity index (χ2n) is 12.9. The summed E-state index contributed by atoms with van der Waals surface area (Å²) in [4.78, 5) is 31.2. The number of carbonyl (C=O) groups is 2. The van der Waals surface area contributed by atoms with E-state index in [2.05, 4.69) is 32.4 Å². The molecule has 0 saturated carbocycles. The van der Waals surface area contributed by atoms with E-state index in [0.717, 1.165) is 48.3 Å². The van der Waals surface area contributed by atoms with Gasteiger partial charge in [-0.3, -0.25) is 14.7 Å². The Labute approximate surface area is 272 Å². The van der Waals surface area contributed by atoms with E-state index >= 15 is 0 Å². The van der Waals surface area contributed by atoms with Crippen LogP contribution in [0.4, 0.5) is 20.2 Å². The van der Waals surface area contributed by atoms with E-state index in [1.54, 1.807) is 36.0 Å². The molecule has 4 aromatic rings. The van der Waals surface area contributed by atoms with Gasteiger partial charge in [-0.2, -0.15) is 9.40 Å². The zero-order valence-corrected chi connectivity index (χ0v) is 27.5. The number of piperazine rings is 1. The quantitative estimate of drug-likeness (QED) is 0.274. The Hall–Kier alpha value is -4.40. The summed E-state index contributed by atoms with van der Waals surface area (Å²) >= 11 is 0. The second kappa shape index (κ2) is 12.3. The molecule has 0 unspecified atom stereocenters. The summed E-state index contributed by atoms with van der Waals surface area (Å²) in [5.74, 6) is -2.67. The van der Waals surface area contributed by atoms with Gasteiger partial charge in [-0.15, -0.1) is 0 Å². The number of ketones is 1. The largest absolute Gasteiger partial charge is 0.369 e. The van der Waals surface area contributed by atoms with Crippen LogP contribution in [0.15, 0.2) is 59.6 Å². The minimum absolute atomic E-state index is 0.0157. The first-order valence-corrected chi connectivity index (χ1v) is 16.7. The molecule has 47 heavy (non-hydrogen) atoms. The molecule has 2 aromatic heterocycles. The molecule has 0 spiro atoms. The molecular weight excluding hydrogens is 628 g/mol. The Morgan fingerprint density at radius 2 is 1.70 bits per heavy atom. The predicted octanol–water partition coefficient (Wildman–Crippen LogP) is 3.94. The van der Waals surface area contributed by atoms with Crippen LogP contribution in [0.25, 0.3) is 0 Å². The summed E-state index contributed by atoms with van der Waals surface area (Å²) in [5, 5.41) is 10.4. The molecule has 1 amide bonds. The summed E-state index contributed by atoms with van der Waals surface area (Å²) < 4.78 is 57.9. The first-order valence-electron chi connectivity index (χ1n) is 15.3. The zero-order valence-electron chi connectivity index (χ0n) is 26.7. The van der Waals surface area contributed by atoms with Crippen LogP contribution in [0.2, 0.25) is 0 Å². The Bertz CT molecular complexity index is 1940. The van der Waals surface area contributed by atoms with Crippen molar-refractivity contribution in [1.29, 1.82) is 0 Å². The van der Waals surface area contributed by atoms with Gasteiger partial charge in [-0.25, -0.2) is 17.2 Å². The van der Waals surface area contributed by atoms with E-state index in [9.17, 15) is 26.8 Å². The lowest BCUT2D eigenvalue weighted by Gasteiger charge is -2.36. The number of anilines is 2. The number of aromatic amines is 1. The molecule has 2 aliphatic heterocycles. The van der Waals surface area contributed by atoms with Gasteiger partial charge in [0, 0.05) is 86.5 Å². The maximum atomic E-state index is 14.0. The number of benzene rings is 2. The topological polar surface area (TPSA) is 124 Å². The number of nitrogens with zero attached hydrogens (tertiary/aromatic N) is 5. The standard InChI is InChI=1S/C33H37F2N7O4S/c1-33(2)20-42(47(45,46)24-15-21(34)14-22(35)16-24)19-26-28(37-38-31(26)33)18-30(43)25-8-7-23(41-12-10-39(3)11-13-41)17-27(25)36-32(44)29-6-5-9-40(29)4/h5-9,14-17H,10-13,18-20H2,1-4H3,(H,36,44)(H,37,38). The molecule has 0 aliphatic carbocycles. The highest BCUT2D eigenvalue weighted by Crippen LogP contribution is 2.37. The third kappa shape index (κ3) is 6.45. The van der Waals surface area contributed by atoms with Crippen molar-refractivity contribution in [2.24, 2.45) is 7.05 Å². The van der Waals surface area contributed by atoms with Gasteiger partial charge in [0.05, 0.1) is 22.7 Å². The fourth-order valence-corrected chi connectivity index (χ4v) is 7.91. The van der Waals surface area contributed by atoms with Crippen molar-refractivity contribution >= 4 is 33.1 Å². The highest BCUT2D eigenvalue weighted by Gasteiger charge is 2.41. The van der Waals surface area contributed by atoms with Crippen molar-refractivity contribution in [2.45, 2.75) is 37.1 Å². The molecule has 1 saturated heterocycles. The second-order valence-corrected chi connectivity index (χ2v) is 14.8. The summed E-state index contributed by atoms with van der Waals surface area (Å²) in [5.41, 5.74) is 2.75. The van der Waals surface area contributed by atoms with Gasteiger partial charge in [0.1, 0.15) is 17.3 Å². The van der Waals surface area contributed by atoms with Gasteiger partial charge in [0.25, 0.3) is 5.91 Å².